The van der Waals surface area contributed by atoms with Crippen LogP contribution >= 0.6 is 0 Å². The van der Waals surface area contributed by atoms with Crippen LogP contribution in [-0.2, 0) is 7.05 Å². The molecule has 7 nitrogen and oxygen atoms in total. The Hall–Kier alpha value is -3.92. The summed E-state index contributed by atoms with van der Waals surface area (Å²) in [5, 5.41) is 18.1. The summed E-state index contributed by atoms with van der Waals surface area (Å²) in [5.74, 6) is 0.192. The van der Waals surface area contributed by atoms with E-state index in [1.165, 1.54) is 0 Å². The maximum Gasteiger partial charge on any atom is 0.142 e. The first kappa shape index (κ1) is 16.5. The molecule has 0 aliphatic carbocycles. The molecule has 0 fully saturated rings. The quantitative estimate of drug-likeness (QED) is 0.609. The normalized spacial score (nSPS) is 10.7. The summed E-state index contributed by atoms with van der Waals surface area (Å²) in [7, 11) is 1.83. The van der Waals surface area contributed by atoms with Gasteiger partial charge in [-0.2, -0.15) is 15.5 Å². The molecule has 3 aromatic heterocycles. The molecule has 0 aliphatic rings. The number of nitrogens with two attached hydrogens (primary N) is 1. The van der Waals surface area contributed by atoms with Gasteiger partial charge in [0.25, 0.3) is 0 Å². The Bertz CT molecular complexity index is 1180. The van der Waals surface area contributed by atoms with Crippen LogP contribution in [0.4, 0.5) is 5.82 Å². The highest BCUT2D eigenvalue weighted by molar-refractivity contribution is 5.79. The third-order valence-electron chi connectivity index (χ3n) is 4.42. The Kier molecular flexibility index (Phi) is 3.94. The van der Waals surface area contributed by atoms with Crippen LogP contribution in [0.2, 0.25) is 0 Å². The standard InChI is InChI=1S/C20H17N7/c1-13-5-3-4-6-19(13)27-12-15(10-24-27)18-7-16(14-9-23-26(2)11-14)17(8-21)20(22)25-18/h3-7,9-12H,1-2H3,(H2,22,25). The average Bonchev–Trinajstić information content (AvgIpc) is 3.31. The van der Waals surface area contributed by atoms with Crippen molar-refractivity contribution >= 4 is 5.82 Å². The van der Waals surface area contributed by atoms with Crippen LogP contribution in [0, 0.1) is 18.3 Å². The zero-order valence-corrected chi connectivity index (χ0v) is 15.0. The summed E-state index contributed by atoms with van der Waals surface area (Å²) in [6.07, 6.45) is 7.20. The highest BCUT2D eigenvalue weighted by Crippen LogP contribution is 2.31. The van der Waals surface area contributed by atoms with Crippen LogP contribution in [0.1, 0.15) is 11.1 Å². The van der Waals surface area contributed by atoms with E-state index in [4.69, 9.17) is 5.73 Å². The summed E-state index contributed by atoms with van der Waals surface area (Å²) in [4.78, 5) is 4.41. The zero-order chi connectivity index (χ0) is 19.0. The van der Waals surface area contributed by atoms with E-state index in [0.29, 0.717) is 16.8 Å². The van der Waals surface area contributed by atoms with Crippen LogP contribution in [0.5, 0.6) is 0 Å². The van der Waals surface area contributed by atoms with E-state index in [0.717, 1.165) is 22.4 Å². The summed E-state index contributed by atoms with van der Waals surface area (Å²) in [5.41, 5.74) is 11.5. The van der Waals surface area contributed by atoms with E-state index >= 15 is 0 Å². The van der Waals surface area contributed by atoms with Crippen LogP contribution in [0.25, 0.3) is 28.1 Å². The van der Waals surface area contributed by atoms with Crippen molar-refractivity contribution < 1.29 is 0 Å². The number of hydrogen-bond donors (Lipinski definition) is 1. The monoisotopic (exact) mass is 355 g/mol. The van der Waals surface area contributed by atoms with Crippen molar-refractivity contribution in [3.63, 3.8) is 0 Å². The molecule has 0 saturated carbocycles. The molecule has 0 bridgehead atoms. The van der Waals surface area contributed by atoms with Crippen molar-refractivity contribution in [1.82, 2.24) is 24.5 Å². The first-order valence-corrected chi connectivity index (χ1v) is 8.37. The number of benzene rings is 1. The molecule has 0 radical (unpaired) electrons. The predicted molar refractivity (Wildman–Crippen MR) is 103 cm³/mol. The number of aryl methyl sites for hydroxylation is 2. The molecule has 0 spiro atoms. The Morgan fingerprint density at radius 2 is 1.85 bits per heavy atom. The molecule has 7 heteroatoms. The van der Waals surface area contributed by atoms with E-state index in [2.05, 4.69) is 21.3 Å². The molecule has 2 N–H and O–H groups in total. The third-order valence-corrected chi connectivity index (χ3v) is 4.42. The smallest absolute Gasteiger partial charge is 0.142 e. The van der Waals surface area contributed by atoms with Gasteiger partial charge in [0.2, 0.25) is 0 Å². The second-order valence-electron chi connectivity index (χ2n) is 6.29. The van der Waals surface area contributed by atoms with E-state index in [1.807, 2.05) is 61.4 Å². The number of hydrogen-bond acceptors (Lipinski definition) is 5. The molecule has 0 saturated heterocycles. The summed E-state index contributed by atoms with van der Waals surface area (Å²) in [6.45, 7) is 2.04. The molecule has 0 amide bonds. The first-order valence-electron chi connectivity index (χ1n) is 8.37. The fourth-order valence-electron chi connectivity index (χ4n) is 3.03. The second kappa shape index (κ2) is 6.42. The molecule has 3 heterocycles. The zero-order valence-electron chi connectivity index (χ0n) is 15.0. The SMILES string of the molecule is Cc1ccccc1-n1cc(-c2cc(-c3cnn(C)c3)c(C#N)c(N)n2)cn1. The maximum absolute atomic E-state index is 9.50. The molecular weight excluding hydrogens is 338 g/mol. The number of anilines is 1. The lowest BCUT2D eigenvalue weighted by Crippen LogP contribution is -1.99. The number of rotatable bonds is 3. The highest BCUT2D eigenvalue weighted by atomic mass is 15.3. The van der Waals surface area contributed by atoms with Gasteiger partial charge in [0.05, 0.1) is 23.8 Å². The molecule has 132 valence electrons. The van der Waals surface area contributed by atoms with Gasteiger partial charge >= 0.3 is 0 Å². The first-order chi connectivity index (χ1) is 13.1. The number of pyridine rings is 1. The van der Waals surface area contributed by atoms with Crippen LogP contribution in [0.15, 0.2) is 55.1 Å². The van der Waals surface area contributed by atoms with Crippen molar-refractivity contribution in [2.24, 2.45) is 7.05 Å². The lowest BCUT2D eigenvalue weighted by atomic mass is 10.0. The molecule has 4 aromatic rings. The van der Waals surface area contributed by atoms with E-state index in [1.54, 1.807) is 17.1 Å². The van der Waals surface area contributed by atoms with Crippen molar-refractivity contribution in [3.8, 4) is 34.1 Å². The van der Waals surface area contributed by atoms with Gasteiger partial charge in [-0.1, -0.05) is 18.2 Å². The lowest BCUT2D eigenvalue weighted by Gasteiger charge is -2.07. The van der Waals surface area contributed by atoms with E-state index in [9.17, 15) is 5.26 Å². The molecule has 0 unspecified atom stereocenters. The molecule has 27 heavy (non-hydrogen) atoms. The van der Waals surface area contributed by atoms with Crippen molar-refractivity contribution in [2.75, 3.05) is 5.73 Å². The number of para-hydroxylation sites is 1. The van der Waals surface area contributed by atoms with Crippen molar-refractivity contribution in [2.45, 2.75) is 6.92 Å². The minimum absolute atomic E-state index is 0.192. The Balaban J connectivity index is 1.83. The minimum Gasteiger partial charge on any atom is -0.383 e. The predicted octanol–water partition coefficient (Wildman–Crippen LogP) is 3.10. The van der Waals surface area contributed by atoms with Gasteiger partial charge in [-0.25, -0.2) is 9.67 Å². The summed E-state index contributed by atoms with van der Waals surface area (Å²) >= 11 is 0. The van der Waals surface area contributed by atoms with Gasteiger partial charge in [-0.3, -0.25) is 4.68 Å². The third kappa shape index (κ3) is 2.93. The summed E-state index contributed by atoms with van der Waals surface area (Å²) in [6, 6.07) is 12.0. The number of aromatic nitrogens is 5. The van der Waals surface area contributed by atoms with Gasteiger partial charge < -0.3 is 5.73 Å². The second-order valence-corrected chi connectivity index (χ2v) is 6.29. The van der Waals surface area contributed by atoms with Gasteiger partial charge in [-0.05, 0) is 24.6 Å². The summed E-state index contributed by atoms with van der Waals surface area (Å²) < 4.78 is 3.49. The fourth-order valence-corrected chi connectivity index (χ4v) is 3.03. The van der Waals surface area contributed by atoms with Crippen molar-refractivity contribution in [1.29, 1.82) is 5.26 Å². The van der Waals surface area contributed by atoms with Crippen LogP contribution < -0.4 is 5.73 Å². The number of nitrogens with zero attached hydrogens (tertiary/aromatic N) is 6. The lowest BCUT2D eigenvalue weighted by molar-refractivity contribution is 0.768. The van der Waals surface area contributed by atoms with Gasteiger partial charge in [0, 0.05) is 36.1 Å². The number of nitriles is 1. The van der Waals surface area contributed by atoms with Gasteiger partial charge in [0.15, 0.2) is 0 Å². The van der Waals surface area contributed by atoms with Crippen LogP contribution in [0.3, 0.4) is 0 Å². The molecule has 1 aromatic carbocycles. The Morgan fingerprint density at radius 1 is 1.07 bits per heavy atom. The average molecular weight is 355 g/mol. The molecule has 0 aliphatic heterocycles. The topological polar surface area (TPSA) is 98.3 Å². The number of nitrogen functional groups attached to an aromatic ring is 1. The molecule has 4 rings (SSSR count). The maximum atomic E-state index is 9.50. The van der Waals surface area contributed by atoms with E-state index in [-0.39, 0.29) is 5.82 Å². The fraction of sp³-hybridized carbons (Fsp3) is 0.100. The minimum atomic E-state index is 0.192. The van der Waals surface area contributed by atoms with Gasteiger partial charge in [-0.15, -0.1) is 0 Å². The largest absolute Gasteiger partial charge is 0.383 e. The molecule has 0 atom stereocenters. The molecular formula is C20H17N7. The Labute approximate surface area is 156 Å². The van der Waals surface area contributed by atoms with Gasteiger partial charge in [0.1, 0.15) is 17.5 Å². The van der Waals surface area contributed by atoms with Crippen LogP contribution in [-0.4, -0.2) is 24.5 Å². The van der Waals surface area contributed by atoms with Crippen molar-refractivity contribution in [3.05, 3.63) is 66.2 Å². The Morgan fingerprint density at radius 3 is 2.56 bits per heavy atom. The highest BCUT2D eigenvalue weighted by Gasteiger charge is 2.16. The van der Waals surface area contributed by atoms with E-state index < -0.39 is 0 Å².